The number of hydrogen-bond acceptors (Lipinski definition) is 5. The van der Waals surface area contributed by atoms with E-state index in [9.17, 15) is 4.79 Å². The molecule has 6 nitrogen and oxygen atoms in total. The van der Waals surface area contributed by atoms with E-state index in [0.29, 0.717) is 32.5 Å². The van der Waals surface area contributed by atoms with E-state index in [0.717, 1.165) is 41.3 Å². The third-order valence-electron chi connectivity index (χ3n) is 7.23. The first-order valence-corrected chi connectivity index (χ1v) is 14.0. The smallest absolute Gasteiger partial charge is 0.251 e. The normalized spacial score (nSPS) is 14.8. The van der Waals surface area contributed by atoms with Crippen molar-refractivity contribution < 1.29 is 4.79 Å². The zero-order valence-corrected chi connectivity index (χ0v) is 22.8. The molecule has 0 aromatic heterocycles. The first-order valence-electron chi connectivity index (χ1n) is 14.0. The van der Waals surface area contributed by atoms with Crippen LogP contribution in [0, 0.1) is 0 Å². The van der Waals surface area contributed by atoms with E-state index >= 15 is 0 Å². The molecule has 204 valence electrons. The topological polar surface area (TPSA) is 87.9 Å². The second kappa shape index (κ2) is 13.2. The third-order valence-corrected chi connectivity index (χ3v) is 7.23. The van der Waals surface area contributed by atoms with E-state index in [1.807, 2.05) is 35.2 Å². The number of nitrogens with two attached hydrogens (primary N) is 2. The predicted molar refractivity (Wildman–Crippen MR) is 165 cm³/mol. The Morgan fingerprint density at radius 3 is 1.93 bits per heavy atom. The van der Waals surface area contributed by atoms with Gasteiger partial charge in [-0.05, 0) is 55.3 Å². The molecule has 0 spiro atoms. The Balaban J connectivity index is 1.65. The molecule has 0 aliphatic carbocycles. The fourth-order valence-corrected chi connectivity index (χ4v) is 5.22. The van der Waals surface area contributed by atoms with Crippen molar-refractivity contribution >= 4 is 23.0 Å². The van der Waals surface area contributed by atoms with Crippen LogP contribution >= 0.6 is 0 Å². The molecule has 1 amide bonds. The molecule has 0 radical (unpaired) electrons. The Labute approximate surface area is 237 Å². The van der Waals surface area contributed by atoms with Crippen LogP contribution in [0.2, 0.25) is 0 Å². The number of aliphatic imine (C=N–C) groups is 1. The highest BCUT2D eigenvalue weighted by molar-refractivity contribution is 6.20. The van der Waals surface area contributed by atoms with Crippen molar-refractivity contribution in [2.75, 3.05) is 29.4 Å². The van der Waals surface area contributed by atoms with Gasteiger partial charge in [-0.3, -0.25) is 9.79 Å². The van der Waals surface area contributed by atoms with Crippen LogP contribution in [0.25, 0.3) is 0 Å². The number of hydrogen-bond donors (Lipinski definition) is 2. The van der Waals surface area contributed by atoms with Gasteiger partial charge in [0.25, 0.3) is 5.91 Å². The molecule has 1 aliphatic heterocycles. The lowest BCUT2D eigenvalue weighted by atomic mass is 9.98. The van der Waals surface area contributed by atoms with E-state index in [-0.39, 0.29) is 5.91 Å². The Kier molecular flexibility index (Phi) is 9.01. The summed E-state index contributed by atoms with van der Waals surface area (Å²) in [5.41, 5.74) is 19.0. The number of benzodiazepines with no additional fused rings is 1. The summed E-state index contributed by atoms with van der Waals surface area (Å²) >= 11 is 0. The molecule has 4 N–H and O–H groups in total. The van der Waals surface area contributed by atoms with Crippen molar-refractivity contribution in [3.63, 3.8) is 0 Å². The molecule has 0 saturated carbocycles. The Hall–Kier alpha value is -4.26. The predicted octanol–water partition coefficient (Wildman–Crippen LogP) is 5.14. The van der Waals surface area contributed by atoms with Gasteiger partial charge in [0.05, 0.1) is 11.4 Å². The average Bonchev–Trinajstić information content (AvgIpc) is 3.11. The standard InChI is InChI=1S/C34H37N5O/c35-20-10-22-39-32-18-17-29(38(24-26-11-4-1-5-12-26)25-27-13-6-2-7-14-27)23-30(32)33(28-15-8-3-9-16-28)37-31(19-21-36)34(39)40/h1-9,11-18,23,31H,10,19-22,24-25,35-36H2. The molecule has 4 aromatic rings. The van der Waals surface area contributed by atoms with Crippen molar-refractivity contribution in [1.82, 2.24) is 0 Å². The summed E-state index contributed by atoms with van der Waals surface area (Å²) in [6, 6.07) is 37.0. The lowest BCUT2D eigenvalue weighted by Gasteiger charge is -2.29. The molecular formula is C34H37N5O. The Morgan fingerprint density at radius 1 is 0.750 bits per heavy atom. The zero-order chi connectivity index (χ0) is 27.7. The first-order chi connectivity index (χ1) is 19.7. The fourth-order valence-electron chi connectivity index (χ4n) is 5.22. The number of fused-ring (bicyclic) bond motifs is 1. The summed E-state index contributed by atoms with van der Waals surface area (Å²) in [4.78, 5) is 23.1. The highest BCUT2D eigenvalue weighted by Crippen LogP contribution is 2.34. The van der Waals surface area contributed by atoms with E-state index in [1.165, 1.54) is 11.1 Å². The van der Waals surface area contributed by atoms with Crippen LogP contribution in [-0.4, -0.2) is 37.3 Å². The number of carbonyl (C=O) groups is 1. The summed E-state index contributed by atoms with van der Waals surface area (Å²) in [5.74, 6) is -0.0238. The number of anilines is 2. The van der Waals surface area contributed by atoms with Crippen LogP contribution in [0.15, 0.2) is 114 Å². The lowest BCUT2D eigenvalue weighted by Crippen LogP contribution is -2.40. The van der Waals surface area contributed by atoms with Crippen molar-refractivity contribution in [3.8, 4) is 0 Å². The van der Waals surface area contributed by atoms with E-state index in [2.05, 4.69) is 83.8 Å². The highest BCUT2D eigenvalue weighted by atomic mass is 16.2. The van der Waals surface area contributed by atoms with Gasteiger partial charge in [-0.1, -0.05) is 91.0 Å². The van der Waals surface area contributed by atoms with Gasteiger partial charge in [-0.25, -0.2) is 0 Å². The molecule has 0 bridgehead atoms. The highest BCUT2D eigenvalue weighted by Gasteiger charge is 2.32. The Bertz CT molecular complexity index is 1380. The zero-order valence-electron chi connectivity index (χ0n) is 22.8. The average molecular weight is 532 g/mol. The lowest BCUT2D eigenvalue weighted by molar-refractivity contribution is -0.119. The summed E-state index contributed by atoms with van der Waals surface area (Å²) in [6.07, 6.45) is 1.19. The number of benzene rings is 4. The second-order valence-corrected chi connectivity index (χ2v) is 10.1. The maximum atomic E-state index is 13.8. The summed E-state index contributed by atoms with van der Waals surface area (Å²) in [7, 11) is 0. The van der Waals surface area contributed by atoms with Crippen molar-refractivity contribution in [3.05, 3.63) is 131 Å². The SMILES string of the molecule is NCCCN1C(=O)C(CCN)N=C(c2ccccc2)c2cc(N(Cc3ccccc3)Cc3ccccc3)ccc21. The fraction of sp³-hybridized carbons (Fsp3) is 0.235. The van der Waals surface area contributed by atoms with Crippen LogP contribution in [-0.2, 0) is 17.9 Å². The van der Waals surface area contributed by atoms with Crippen molar-refractivity contribution in [1.29, 1.82) is 0 Å². The number of rotatable bonds is 11. The molecule has 0 fully saturated rings. The molecule has 1 aliphatic rings. The second-order valence-electron chi connectivity index (χ2n) is 10.1. The van der Waals surface area contributed by atoms with Gasteiger partial charge in [-0.2, -0.15) is 0 Å². The maximum absolute atomic E-state index is 13.8. The monoisotopic (exact) mass is 531 g/mol. The molecule has 0 saturated heterocycles. The summed E-state index contributed by atoms with van der Waals surface area (Å²) < 4.78 is 0. The summed E-state index contributed by atoms with van der Waals surface area (Å²) in [5, 5.41) is 0. The van der Waals surface area contributed by atoms with Gasteiger partial charge in [0, 0.05) is 36.4 Å². The molecule has 6 heteroatoms. The van der Waals surface area contributed by atoms with Gasteiger partial charge in [-0.15, -0.1) is 0 Å². The first kappa shape index (κ1) is 27.3. The van der Waals surface area contributed by atoms with Crippen LogP contribution in [0.5, 0.6) is 0 Å². The van der Waals surface area contributed by atoms with E-state index < -0.39 is 6.04 Å². The maximum Gasteiger partial charge on any atom is 0.251 e. The van der Waals surface area contributed by atoms with Gasteiger partial charge in [0.1, 0.15) is 6.04 Å². The van der Waals surface area contributed by atoms with Gasteiger partial charge >= 0.3 is 0 Å². The molecular weight excluding hydrogens is 494 g/mol. The van der Waals surface area contributed by atoms with E-state index in [4.69, 9.17) is 16.5 Å². The molecule has 1 atom stereocenters. The quantitative estimate of drug-likeness (QED) is 0.280. The summed E-state index contributed by atoms with van der Waals surface area (Å²) in [6.45, 7) is 2.93. The molecule has 5 rings (SSSR count). The van der Waals surface area contributed by atoms with Gasteiger partial charge in [0.2, 0.25) is 0 Å². The molecule has 1 unspecified atom stereocenters. The van der Waals surface area contributed by atoms with Crippen molar-refractivity contribution in [2.45, 2.75) is 32.0 Å². The Morgan fingerprint density at radius 2 is 1.35 bits per heavy atom. The minimum atomic E-state index is -0.543. The third kappa shape index (κ3) is 6.30. The largest absolute Gasteiger partial charge is 0.363 e. The molecule has 4 aromatic carbocycles. The van der Waals surface area contributed by atoms with Gasteiger partial charge < -0.3 is 21.3 Å². The minimum absolute atomic E-state index is 0.0238. The van der Waals surface area contributed by atoms with Crippen LogP contribution in [0.3, 0.4) is 0 Å². The van der Waals surface area contributed by atoms with E-state index in [1.54, 1.807) is 0 Å². The van der Waals surface area contributed by atoms with Crippen LogP contribution < -0.4 is 21.3 Å². The molecule has 1 heterocycles. The molecule has 40 heavy (non-hydrogen) atoms. The van der Waals surface area contributed by atoms with Crippen LogP contribution in [0.1, 0.15) is 35.1 Å². The van der Waals surface area contributed by atoms with Gasteiger partial charge in [0.15, 0.2) is 0 Å². The minimum Gasteiger partial charge on any atom is -0.363 e. The van der Waals surface area contributed by atoms with Crippen LogP contribution in [0.4, 0.5) is 11.4 Å². The van der Waals surface area contributed by atoms with Crippen molar-refractivity contribution in [2.24, 2.45) is 16.5 Å². The number of amides is 1. The number of carbonyl (C=O) groups excluding carboxylic acids is 1. The number of nitrogens with zero attached hydrogens (tertiary/aromatic N) is 3.